The van der Waals surface area contributed by atoms with E-state index in [1.165, 1.54) is 0 Å². The molecule has 4 heteroatoms. The molecule has 5 aromatic carbocycles. The largest absolute Gasteiger partial charge is 0.497 e. The van der Waals surface area contributed by atoms with E-state index in [1.54, 1.807) is 30.2 Å². The zero-order chi connectivity index (χ0) is 23.3. The molecular weight excluding hydrogens is 422 g/mol. The van der Waals surface area contributed by atoms with Crippen molar-refractivity contribution in [3.63, 3.8) is 0 Å². The van der Waals surface area contributed by atoms with Crippen LogP contribution in [0.3, 0.4) is 0 Å². The van der Waals surface area contributed by atoms with Crippen molar-refractivity contribution in [2.45, 2.75) is 12.1 Å². The smallest absolute Gasteiger partial charge is 0.268 e. The summed E-state index contributed by atoms with van der Waals surface area (Å²) in [5.74, 6) is 0.234. The van der Waals surface area contributed by atoms with Gasteiger partial charge in [0.2, 0.25) is 0 Å². The van der Waals surface area contributed by atoms with Gasteiger partial charge in [-0.25, -0.2) is 0 Å². The predicted octanol–water partition coefficient (Wildman–Crippen LogP) is 5.78. The van der Waals surface area contributed by atoms with E-state index < -0.39 is 5.60 Å². The molecule has 0 unspecified atom stereocenters. The number of carbonyl (C=O) groups excluding carboxylic acids is 1. The van der Waals surface area contributed by atoms with Crippen molar-refractivity contribution in [3.05, 3.63) is 120 Å². The molecule has 1 aliphatic rings. The zero-order valence-electron chi connectivity index (χ0n) is 18.7. The molecule has 0 aromatic heterocycles. The lowest BCUT2D eigenvalue weighted by atomic mass is 9.87. The molecule has 4 nitrogen and oxygen atoms in total. The summed E-state index contributed by atoms with van der Waals surface area (Å²) in [5, 5.41) is 16.4. The molecule has 1 aliphatic heterocycles. The number of benzene rings is 5. The van der Waals surface area contributed by atoms with Crippen LogP contribution in [0.5, 0.6) is 5.75 Å². The summed E-state index contributed by atoms with van der Waals surface area (Å²) in [4.78, 5) is 15.7. The van der Waals surface area contributed by atoms with Crippen molar-refractivity contribution in [2.24, 2.45) is 0 Å². The molecule has 0 radical (unpaired) electrons. The first-order valence-corrected chi connectivity index (χ1v) is 11.3. The van der Waals surface area contributed by atoms with E-state index >= 15 is 0 Å². The average molecular weight is 446 g/mol. The van der Waals surface area contributed by atoms with Gasteiger partial charge < -0.3 is 14.7 Å². The van der Waals surface area contributed by atoms with Crippen LogP contribution < -0.4 is 9.64 Å². The molecule has 1 heterocycles. The van der Waals surface area contributed by atoms with Crippen molar-refractivity contribution < 1.29 is 14.6 Å². The fourth-order valence-electron chi connectivity index (χ4n) is 5.14. The van der Waals surface area contributed by atoms with Gasteiger partial charge in [0.15, 0.2) is 5.60 Å². The first-order chi connectivity index (χ1) is 16.6. The van der Waals surface area contributed by atoms with Gasteiger partial charge in [-0.1, -0.05) is 78.9 Å². The van der Waals surface area contributed by atoms with Gasteiger partial charge >= 0.3 is 0 Å². The number of hydrogen-bond donors (Lipinski definition) is 1. The molecule has 0 aliphatic carbocycles. The number of methoxy groups -OCH3 is 1. The standard InChI is InChI=1S/C30H23NO3/c1-34-23-15-16-28-27(18-23)30(33,22-11-3-2-4-12-22)29(32)31(28)19-26-24-13-7-5-9-20(24)17-21-10-6-8-14-25(21)26/h2-18,33H,19H2,1H3/t30-/m0/s1. The Morgan fingerprint density at radius 2 is 1.41 bits per heavy atom. The molecule has 166 valence electrons. The maximum absolute atomic E-state index is 14.0. The molecule has 1 atom stereocenters. The zero-order valence-corrected chi connectivity index (χ0v) is 18.7. The van der Waals surface area contributed by atoms with Crippen LogP contribution in [0, 0.1) is 0 Å². The van der Waals surface area contributed by atoms with Crippen LogP contribution in [0.15, 0.2) is 103 Å². The highest BCUT2D eigenvalue weighted by Gasteiger charge is 2.51. The SMILES string of the molecule is COc1ccc2c(c1)[C@@](O)(c1ccccc1)C(=O)N2Cc1c2ccccc2cc2ccccc12. The number of fused-ring (bicyclic) bond motifs is 3. The Bertz CT molecular complexity index is 1510. The van der Waals surface area contributed by atoms with Crippen LogP contribution in [0.25, 0.3) is 21.5 Å². The first kappa shape index (κ1) is 20.5. The molecule has 1 amide bonds. The summed E-state index contributed by atoms with van der Waals surface area (Å²) < 4.78 is 5.43. The highest BCUT2D eigenvalue weighted by atomic mass is 16.5. The van der Waals surface area contributed by atoms with Crippen LogP contribution in [0.4, 0.5) is 5.69 Å². The third kappa shape index (κ3) is 2.93. The number of ether oxygens (including phenoxy) is 1. The molecule has 0 bridgehead atoms. The van der Waals surface area contributed by atoms with E-state index in [4.69, 9.17) is 4.74 Å². The number of carbonyl (C=O) groups is 1. The van der Waals surface area contributed by atoms with Crippen molar-refractivity contribution in [1.29, 1.82) is 0 Å². The highest BCUT2D eigenvalue weighted by Crippen LogP contribution is 2.47. The summed E-state index contributed by atoms with van der Waals surface area (Å²) >= 11 is 0. The van der Waals surface area contributed by atoms with E-state index in [0.717, 1.165) is 27.1 Å². The second kappa shape index (κ2) is 7.72. The monoisotopic (exact) mass is 445 g/mol. The molecule has 0 fully saturated rings. The van der Waals surface area contributed by atoms with Crippen molar-refractivity contribution >= 4 is 33.1 Å². The number of rotatable bonds is 4. The quantitative estimate of drug-likeness (QED) is 0.357. The lowest BCUT2D eigenvalue weighted by Crippen LogP contribution is -2.40. The van der Waals surface area contributed by atoms with Crippen LogP contribution in [0.1, 0.15) is 16.7 Å². The number of amides is 1. The van der Waals surface area contributed by atoms with E-state index in [-0.39, 0.29) is 5.91 Å². The van der Waals surface area contributed by atoms with E-state index in [9.17, 15) is 9.90 Å². The van der Waals surface area contributed by atoms with Crippen LogP contribution in [0.2, 0.25) is 0 Å². The van der Waals surface area contributed by atoms with Crippen LogP contribution in [-0.2, 0) is 16.9 Å². The Morgan fingerprint density at radius 3 is 2.06 bits per heavy atom. The van der Waals surface area contributed by atoms with Crippen molar-refractivity contribution in [3.8, 4) is 5.75 Å². The summed E-state index contributed by atoms with van der Waals surface area (Å²) in [6.07, 6.45) is 0. The van der Waals surface area contributed by atoms with Gasteiger partial charge in [0.05, 0.1) is 19.3 Å². The Hall–Kier alpha value is -4.15. The third-order valence-electron chi connectivity index (χ3n) is 6.83. The molecule has 0 spiro atoms. The maximum Gasteiger partial charge on any atom is 0.268 e. The van der Waals surface area contributed by atoms with Crippen LogP contribution in [-0.4, -0.2) is 18.1 Å². The minimum atomic E-state index is -1.79. The third-order valence-corrected chi connectivity index (χ3v) is 6.83. The summed E-state index contributed by atoms with van der Waals surface area (Å²) in [6, 6.07) is 33.2. The lowest BCUT2D eigenvalue weighted by molar-refractivity contribution is -0.132. The van der Waals surface area contributed by atoms with E-state index in [1.807, 2.05) is 54.6 Å². The molecule has 34 heavy (non-hydrogen) atoms. The van der Waals surface area contributed by atoms with Crippen molar-refractivity contribution in [1.82, 2.24) is 0 Å². The second-order valence-corrected chi connectivity index (χ2v) is 8.65. The Balaban J connectivity index is 1.57. The predicted molar refractivity (Wildman–Crippen MR) is 135 cm³/mol. The fourth-order valence-corrected chi connectivity index (χ4v) is 5.14. The van der Waals surface area contributed by atoms with Crippen molar-refractivity contribution in [2.75, 3.05) is 12.0 Å². The van der Waals surface area contributed by atoms with Gasteiger partial charge in [0.25, 0.3) is 5.91 Å². The molecule has 0 saturated carbocycles. The molecule has 0 saturated heterocycles. The van der Waals surface area contributed by atoms with Crippen LogP contribution >= 0.6 is 0 Å². The Kier molecular flexibility index (Phi) is 4.64. The first-order valence-electron chi connectivity index (χ1n) is 11.3. The van der Waals surface area contributed by atoms with Gasteiger partial charge in [-0.3, -0.25) is 4.79 Å². The second-order valence-electron chi connectivity index (χ2n) is 8.65. The maximum atomic E-state index is 14.0. The topological polar surface area (TPSA) is 49.8 Å². The summed E-state index contributed by atoms with van der Waals surface area (Å²) in [7, 11) is 1.58. The Morgan fingerprint density at radius 1 is 0.794 bits per heavy atom. The molecule has 5 aromatic rings. The normalized spacial score (nSPS) is 17.4. The van der Waals surface area contributed by atoms with Gasteiger partial charge in [-0.2, -0.15) is 0 Å². The summed E-state index contributed by atoms with van der Waals surface area (Å²) in [5.41, 5.74) is 1.04. The lowest BCUT2D eigenvalue weighted by Gasteiger charge is -2.24. The van der Waals surface area contributed by atoms with E-state index in [0.29, 0.717) is 29.1 Å². The van der Waals surface area contributed by atoms with Gasteiger partial charge in [-0.05, 0) is 56.9 Å². The summed E-state index contributed by atoms with van der Waals surface area (Å²) in [6.45, 7) is 0.342. The number of hydrogen-bond acceptors (Lipinski definition) is 3. The molecule has 6 rings (SSSR count). The fraction of sp³-hybridized carbons (Fsp3) is 0.100. The number of aliphatic hydroxyl groups is 1. The minimum absolute atomic E-state index is 0.342. The van der Waals surface area contributed by atoms with Gasteiger partial charge in [-0.15, -0.1) is 0 Å². The Labute approximate surface area is 197 Å². The van der Waals surface area contributed by atoms with Gasteiger partial charge in [0, 0.05) is 5.56 Å². The molecular formula is C30H23NO3. The highest BCUT2D eigenvalue weighted by molar-refractivity contribution is 6.10. The average Bonchev–Trinajstić information content (AvgIpc) is 3.11. The number of nitrogens with zero attached hydrogens (tertiary/aromatic N) is 1. The minimum Gasteiger partial charge on any atom is -0.497 e. The molecule has 1 N–H and O–H groups in total. The van der Waals surface area contributed by atoms with Gasteiger partial charge in [0.1, 0.15) is 5.75 Å². The van der Waals surface area contributed by atoms with E-state index in [2.05, 4.69) is 30.3 Å². The number of anilines is 1.